The average Bonchev–Trinajstić information content (AvgIpc) is 2.78. The normalized spacial score (nSPS) is 18.9. The molecule has 0 spiro atoms. The van der Waals surface area contributed by atoms with Crippen LogP contribution in [-0.4, -0.2) is 38.3 Å². The molecule has 0 saturated heterocycles. The molecule has 3 N–H and O–H groups in total. The predicted molar refractivity (Wildman–Crippen MR) is 67.4 cm³/mol. The Kier molecular flexibility index (Phi) is 4.17. The number of para-hydroxylation sites is 1. The SMILES string of the molecule is COCC(N)C(=O)NCC1Cc2ccccc2O1. The number of methoxy groups -OCH3 is 1. The van der Waals surface area contributed by atoms with Crippen LogP contribution in [0.4, 0.5) is 0 Å². The van der Waals surface area contributed by atoms with E-state index < -0.39 is 6.04 Å². The van der Waals surface area contributed by atoms with Crippen molar-refractivity contribution in [1.82, 2.24) is 5.32 Å². The number of amides is 1. The van der Waals surface area contributed by atoms with E-state index in [0.29, 0.717) is 6.54 Å². The number of carbonyl (C=O) groups excluding carboxylic acids is 1. The molecule has 1 amide bonds. The molecule has 5 heteroatoms. The van der Waals surface area contributed by atoms with E-state index in [-0.39, 0.29) is 18.6 Å². The second-order valence-electron chi connectivity index (χ2n) is 4.36. The lowest BCUT2D eigenvalue weighted by molar-refractivity contribution is -0.123. The lowest BCUT2D eigenvalue weighted by Crippen LogP contribution is -2.46. The fourth-order valence-corrected chi connectivity index (χ4v) is 1.97. The zero-order valence-electron chi connectivity index (χ0n) is 10.4. The van der Waals surface area contributed by atoms with Gasteiger partial charge in [-0.2, -0.15) is 0 Å². The third-order valence-corrected chi connectivity index (χ3v) is 2.90. The zero-order chi connectivity index (χ0) is 13.0. The first-order valence-electron chi connectivity index (χ1n) is 5.97. The van der Waals surface area contributed by atoms with Gasteiger partial charge in [0.15, 0.2) is 0 Å². The maximum Gasteiger partial charge on any atom is 0.239 e. The molecular formula is C13H18N2O3. The highest BCUT2D eigenvalue weighted by molar-refractivity contribution is 5.81. The first kappa shape index (κ1) is 12.9. The van der Waals surface area contributed by atoms with Gasteiger partial charge in [0.2, 0.25) is 5.91 Å². The predicted octanol–water partition coefficient (Wildman–Crippen LogP) is 0.0800. The summed E-state index contributed by atoms with van der Waals surface area (Å²) in [7, 11) is 1.52. The molecule has 1 heterocycles. The summed E-state index contributed by atoms with van der Waals surface area (Å²) >= 11 is 0. The Bertz CT molecular complexity index is 397. The molecule has 1 aliphatic rings. The summed E-state index contributed by atoms with van der Waals surface area (Å²) in [5.74, 6) is 0.689. The van der Waals surface area contributed by atoms with Gasteiger partial charge in [-0.15, -0.1) is 0 Å². The van der Waals surface area contributed by atoms with E-state index in [0.717, 1.165) is 12.2 Å². The van der Waals surface area contributed by atoms with Crippen LogP contribution >= 0.6 is 0 Å². The molecule has 0 radical (unpaired) electrons. The molecule has 0 aromatic heterocycles. The standard InChI is InChI=1S/C13H18N2O3/c1-17-8-11(14)13(16)15-7-10-6-9-4-2-3-5-12(9)18-10/h2-5,10-11H,6-8,14H2,1H3,(H,15,16). The fraction of sp³-hybridized carbons (Fsp3) is 0.462. The van der Waals surface area contributed by atoms with Gasteiger partial charge in [0.25, 0.3) is 0 Å². The summed E-state index contributed by atoms with van der Waals surface area (Å²) in [6.07, 6.45) is 0.803. The summed E-state index contributed by atoms with van der Waals surface area (Å²) in [4.78, 5) is 11.6. The average molecular weight is 250 g/mol. The van der Waals surface area contributed by atoms with Gasteiger partial charge in [0.05, 0.1) is 13.2 Å². The number of fused-ring (bicyclic) bond motifs is 1. The van der Waals surface area contributed by atoms with Crippen molar-refractivity contribution in [1.29, 1.82) is 0 Å². The molecular weight excluding hydrogens is 232 g/mol. The van der Waals surface area contributed by atoms with Crippen molar-refractivity contribution in [3.05, 3.63) is 29.8 Å². The molecule has 0 fully saturated rings. The molecule has 18 heavy (non-hydrogen) atoms. The van der Waals surface area contributed by atoms with Gasteiger partial charge in [-0.3, -0.25) is 4.79 Å². The van der Waals surface area contributed by atoms with E-state index in [9.17, 15) is 4.79 Å². The van der Waals surface area contributed by atoms with Crippen LogP contribution < -0.4 is 15.8 Å². The summed E-state index contributed by atoms with van der Waals surface area (Å²) in [6, 6.07) is 7.27. The summed E-state index contributed by atoms with van der Waals surface area (Å²) in [5.41, 5.74) is 6.80. The Hall–Kier alpha value is -1.59. The minimum absolute atomic E-state index is 0.0129. The van der Waals surface area contributed by atoms with Crippen LogP contribution in [-0.2, 0) is 16.0 Å². The number of benzene rings is 1. The second-order valence-corrected chi connectivity index (χ2v) is 4.36. The smallest absolute Gasteiger partial charge is 0.239 e. The number of rotatable bonds is 5. The van der Waals surface area contributed by atoms with Crippen molar-refractivity contribution in [2.75, 3.05) is 20.3 Å². The molecule has 2 atom stereocenters. The lowest BCUT2D eigenvalue weighted by atomic mass is 10.1. The number of hydrogen-bond donors (Lipinski definition) is 2. The number of ether oxygens (including phenoxy) is 2. The van der Waals surface area contributed by atoms with Crippen LogP contribution in [0.5, 0.6) is 5.75 Å². The molecule has 1 aromatic carbocycles. The van der Waals surface area contributed by atoms with Gasteiger partial charge < -0.3 is 20.5 Å². The van der Waals surface area contributed by atoms with Crippen molar-refractivity contribution >= 4 is 5.91 Å². The van der Waals surface area contributed by atoms with Crippen LogP contribution in [0.1, 0.15) is 5.56 Å². The third kappa shape index (κ3) is 3.00. The van der Waals surface area contributed by atoms with E-state index in [1.807, 2.05) is 24.3 Å². The highest BCUT2D eigenvalue weighted by Gasteiger charge is 2.23. The second kappa shape index (κ2) is 5.84. The molecule has 0 bridgehead atoms. The van der Waals surface area contributed by atoms with Crippen LogP contribution in [0.25, 0.3) is 0 Å². The number of nitrogens with one attached hydrogen (secondary N) is 1. The summed E-state index contributed by atoms with van der Waals surface area (Å²) in [5, 5.41) is 2.78. The Morgan fingerprint density at radius 1 is 1.61 bits per heavy atom. The monoisotopic (exact) mass is 250 g/mol. The van der Waals surface area contributed by atoms with Gasteiger partial charge in [0.1, 0.15) is 17.9 Å². The largest absolute Gasteiger partial charge is 0.488 e. The quantitative estimate of drug-likeness (QED) is 0.776. The molecule has 98 valence electrons. The Morgan fingerprint density at radius 3 is 3.11 bits per heavy atom. The third-order valence-electron chi connectivity index (χ3n) is 2.90. The number of carbonyl (C=O) groups is 1. The molecule has 0 saturated carbocycles. The van der Waals surface area contributed by atoms with Crippen molar-refractivity contribution in [3.8, 4) is 5.75 Å². The van der Waals surface area contributed by atoms with Crippen LogP contribution in [0.3, 0.4) is 0 Å². The van der Waals surface area contributed by atoms with Gasteiger partial charge >= 0.3 is 0 Å². The zero-order valence-corrected chi connectivity index (χ0v) is 10.4. The fourth-order valence-electron chi connectivity index (χ4n) is 1.97. The number of nitrogens with two attached hydrogens (primary N) is 1. The van der Waals surface area contributed by atoms with Gasteiger partial charge in [0, 0.05) is 13.5 Å². The Labute approximate surface area is 106 Å². The summed E-state index contributed by atoms with van der Waals surface area (Å²) < 4.78 is 10.5. The molecule has 1 aliphatic heterocycles. The van der Waals surface area contributed by atoms with Crippen molar-refractivity contribution in [3.63, 3.8) is 0 Å². The minimum atomic E-state index is -0.626. The van der Waals surface area contributed by atoms with E-state index in [2.05, 4.69) is 5.32 Å². The lowest BCUT2D eigenvalue weighted by Gasteiger charge is -2.14. The first-order chi connectivity index (χ1) is 8.70. The Balaban J connectivity index is 1.78. The molecule has 1 aromatic rings. The maximum absolute atomic E-state index is 11.6. The van der Waals surface area contributed by atoms with Crippen LogP contribution in [0.2, 0.25) is 0 Å². The topological polar surface area (TPSA) is 73.6 Å². The summed E-state index contributed by atoms with van der Waals surface area (Å²) in [6.45, 7) is 0.683. The van der Waals surface area contributed by atoms with Gasteiger partial charge in [-0.25, -0.2) is 0 Å². The van der Waals surface area contributed by atoms with Crippen molar-refractivity contribution in [2.24, 2.45) is 5.73 Å². The molecule has 2 rings (SSSR count). The van der Waals surface area contributed by atoms with E-state index in [4.69, 9.17) is 15.2 Å². The van der Waals surface area contributed by atoms with E-state index in [1.54, 1.807) is 0 Å². The van der Waals surface area contributed by atoms with Crippen molar-refractivity contribution < 1.29 is 14.3 Å². The molecule has 5 nitrogen and oxygen atoms in total. The molecule has 2 unspecified atom stereocenters. The minimum Gasteiger partial charge on any atom is -0.488 e. The number of hydrogen-bond acceptors (Lipinski definition) is 4. The highest BCUT2D eigenvalue weighted by atomic mass is 16.5. The molecule has 0 aliphatic carbocycles. The van der Waals surface area contributed by atoms with Gasteiger partial charge in [-0.1, -0.05) is 18.2 Å². The maximum atomic E-state index is 11.6. The van der Waals surface area contributed by atoms with E-state index in [1.165, 1.54) is 12.7 Å². The first-order valence-corrected chi connectivity index (χ1v) is 5.97. The van der Waals surface area contributed by atoms with E-state index >= 15 is 0 Å². The highest BCUT2D eigenvalue weighted by Crippen LogP contribution is 2.27. The van der Waals surface area contributed by atoms with Crippen molar-refractivity contribution in [2.45, 2.75) is 18.6 Å². The Morgan fingerprint density at radius 2 is 2.39 bits per heavy atom. The van der Waals surface area contributed by atoms with Crippen LogP contribution in [0.15, 0.2) is 24.3 Å². The van der Waals surface area contributed by atoms with Crippen LogP contribution in [0, 0.1) is 0 Å². The van der Waals surface area contributed by atoms with Gasteiger partial charge in [-0.05, 0) is 11.6 Å².